The van der Waals surface area contributed by atoms with Crippen molar-refractivity contribution >= 4 is 23.3 Å². The highest BCUT2D eigenvalue weighted by Crippen LogP contribution is 2.44. The summed E-state index contributed by atoms with van der Waals surface area (Å²) in [7, 11) is 0. The third-order valence-corrected chi connectivity index (χ3v) is 12.6. The molecule has 10 nitrogen and oxygen atoms in total. The lowest BCUT2D eigenvalue weighted by atomic mass is 9.90. The van der Waals surface area contributed by atoms with E-state index in [9.17, 15) is 24.6 Å². The van der Waals surface area contributed by atoms with Crippen LogP contribution in [0.25, 0.3) is 11.1 Å². The van der Waals surface area contributed by atoms with E-state index in [1.165, 1.54) is 5.56 Å². The smallest absolute Gasteiger partial charge is 0.320 e. The van der Waals surface area contributed by atoms with Crippen molar-refractivity contribution in [2.45, 2.75) is 115 Å². The van der Waals surface area contributed by atoms with Crippen LogP contribution in [0.5, 0.6) is 0 Å². The number of pyridine rings is 2. The highest BCUT2D eigenvalue weighted by molar-refractivity contribution is 6.04. The van der Waals surface area contributed by atoms with Crippen LogP contribution in [-0.4, -0.2) is 79.4 Å². The van der Waals surface area contributed by atoms with Crippen molar-refractivity contribution in [3.05, 3.63) is 111 Å². The van der Waals surface area contributed by atoms with Crippen molar-refractivity contribution in [3.63, 3.8) is 0 Å². The zero-order valence-corrected chi connectivity index (χ0v) is 32.6. The molecule has 0 spiro atoms. The molecule has 0 radical (unpaired) electrons. The first-order valence-corrected chi connectivity index (χ1v) is 20.5. The number of nitrogens with zero attached hydrogens (tertiary/aromatic N) is 4. The van der Waals surface area contributed by atoms with Gasteiger partial charge in [0.05, 0.1) is 6.61 Å². The zero-order chi connectivity index (χ0) is 38.9. The van der Waals surface area contributed by atoms with Gasteiger partial charge in [0.15, 0.2) is 5.78 Å². The van der Waals surface area contributed by atoms with E-state index in [1.54, 1.807) is 6.20 Å². The number of likely N-dealkylation sites (tertiary alicyclic amines) is 2. The second-order valence-corrected chi connectivity index (χ2v) is 16.5. The number of nitrogens with one attached hydrogen (secondary N) is 1. The monoisotopic (exact) mass is 755 g/mol. The van der Waals surface area contributed by atoms with Crippen LogP contribution >= 0.6 is 0 Å². The molecule has 4 aromatic rings. The maximum atomic E-state index is 13.8. The van der Waals surface area contributed by atoms with E-state index in [4.69, 9.17) is 0 Å². The Morgan fingerprint density at radius 2 is 1.36 bits per heavy atom. The number of aliphatic hydroxyl groups excluding tert-OH is 1. The van der Waals surface area contributed by atoms with E-state index in [2.05, 4.69) is 37.2 Å². The van der Waals surface area contributed by atoms with Gasteiger partial charge in [-0.2, -0.15) is 0 Å². The molecule has 2 aromatic heterocycles. The van der Waals surface area contributed by atoms with E-state index >= 15 is 0 Å². The zero-order valence-electron chi connectivity index (χ0n) is 32.6. The van der Waals surface area contributed by atoms with E-state index < -0.39 is 12.0 Å². The van der Waals surface area contributed by atoms with Crippen molar-refractivity contribution in [1.82, 2.24) is 19.8 Å². The number of rotatable bonds is 14. The molecule has 2 saturated heterocycles. The minimum absolute atomic E-state index is 0.0458. The van der Waals surface area contributed by atoms with Crippen LogP contribution in [0.15, 0.2) is 60.9 Å². The summed E-state index contributed by atoms with van der Waals surface area (Å²) in [5.74, 6) is -0.213. The molecule has 4 fully saturated rings. The molecule has 0 bridgehead atoms. The van der Waals surface area contributed by atoms with Crippen molar-refractivity contribution in [3.8, 4) is 11.1 Å². The van der Waals surface area contributed by atoms with Gasteiger partial charge in [0, 0.05) is 43.6 Å². The molecular weight excluding hydrogens is 703 g/mol. The Bertz CT molecular complexity index is 2140. The van der Waals surface area contributed by atoms with Gasteiger partial charge in [0.25, 0.3) is 5.91 Å². The van der Waals surface area contributed by atoms with Crippen molar-refractivity contribution in [1.29, 1.82) is 0 Å². The molecule has 4 heterocycles. The summed E-state index contributed by atoms with van der Waals surface area (Å²) in [4.78, 5) is 53.1. The Hall–Kier alpha value is -4.77. The quantitative estimate of drug-likeness (QED) is 0.111. The van der Waals surface area contributed by atoms with Gasteiger partial charge in [0.2, 0.25) is 0 Å². The highest BCUT2D eigenvalue weighted by atomic mass is 16.4. The number of carbonyl (C=O) groups excluding carboxylic acids is 2. The molecule has 4 aliphatic rings. The van der Waals surface area contributed by atoms with Crippen LogP contribution in [0, 0.1) is 13.8 Å². The van der Waals surface area contributed by atoms with Crippen LogP contribution in [0.2, 0.25) is 0 Å². The van der Waals surface area contributed by atoms with Crippen molar-refractivity contribution in [2.75, 3.05) is 25.0 Å². The van der Waals surface area contributed by atoms with Crippen molar-refractivity contribution < 1.29 is 24.6 Å². The fourth-order valence-electron chi connectivity index (χ4n) is 8.98. The number of aromatic nitrogens is 2. The van der Waals surface area contributed by atoms with Crippen molar-refractivity contribution in [2.24, 2.45) is 0 Å². The largest absolute Gasteiger partial charge is 0.480 e. The summed E-state index contributed by atoms with van der Waals surface area (Å²) in [5, 5.41) is 22.8. The van der Waals surface area contributed by atoms with Crippen LogP contribution in [0.4, 0.5) is 5.69 Å². The number of Topliss-reactive ketones (excluding diaryl/α,β-unsaturated/α-hetero) is 1. The van der Waals surface area contributed by atoms with E-state index in [-0.39, 0.29) is 30.8 Å². The standard InChI is InChI=1S/C46H53N5O5/c1-28-32(20-44(53)41-21-38(30-14-15-30)34(23-47-41)26-51-18-4-3-13-43(51)46(55)56)8-5-10-36(28)37-11-6-12-40(29(37)2)49-45(54)42-22-39(31-16-17-31)33(24-48-42)25-50-19-7-9-35(50)27-52/h5-6,8,10-12,21-24,30-31,35,43,52H,3-4,7,9,13-20,25-27H2,1-2H3,(H,49,54)(H,55,56)/t35-,43-/m0/s1. The highest BCUT2D eigenvalue weighted by Gasteiger charge is 2.33. The SMILES string of the molecule is Cc1c(CC(=O)c2cc(C3CC3)c(CN3CCCC[C@H]3C(=O)O)cn2)cccc1-c1cccc(NC(=O)c2cc(C3CC3)c(CN3CCC[C@H]3CO)cn2)c1C. The number of carbonyl (C=O) groups is 3. The summed E-state index contributed by atoms with van der Waals surface area (Å²) in [5.41, 5.74) is 10.9. The maximum Gasteiger partial charge on any atom is 0.320 e. The van der Waals surface area contributed by atoms with Gasteiger partial charge in [-0.25, -0.2) is 0 Å². The minimum atomic E-state index is -0.769. The number of carboxylic acid groups (broad SMARTS) is 1. The first-order chi connectivity index (χ1) is 27.2. The predicted molar refractivity (Wildman–Crippen MR) is 216 cm³/mol. The molecule has 56 heavy (non-hydrogen) atoms. The molecule has 8 rings (SSSR count). The Morgan fingerprint density at radius 1 is 0.732 bits per heavy atom. The summed E-state index contributed by atoms with van der Waals surface area (Å²) >= 11 is 0. The van der Waals surface area contributed by atoms with Crippen LogP contribution < -0.4 is 5.32 Å². The number of aliphatic hydroxyl groups is 1. The van der Waals surface area contributed by atoms with Gasteiger partial charge in [-0.15, -0.1) is 0 Å². The number of amides is 1. The van der Waals surface area contributed by atoms with Crippen LogP contribution in [0.1, 0.15) is 130 Å². The van der Waals surface area contributed by atoms with Crippen LogP contribution in [-0.2, 0) is 24.3 Å². The Balaban J connectivity index is 0.977. The summed E-state index contributed by atoms with van der Waals surface area (Å²) < 4.78 is 0. The number of carboxylic acids is 1. The van der Waals surface area contributed by atoms with Gasteiger partial charge in [-0.3, -0.25) is 34.2 Å². The molecule has 10 heteroatoms. The molecule has 0 unspecified atom stereocenters. The Kier molecular flexibility index (Phi) is 11.1. The number of aliphatic carboxylic acids is 1. The number of anilines is 1. The van der Waals surface area contributed by atoms with Gasteiger partial charge in [-0.05, 0) is 158 Å². The van der Waals surface area contributed by atoms with E-state index in [1.807, 2.05) is 56.4 Å². The summed E-state index contributed by atoms with van der Waals surface area (Å²) in [6, 6.07) is 15.6. The number of hydrogen-bond acceptors (Lipinski definition) is 8. The summed E-state index contributed by atoms with van der Waals surface area (Å²) in [6.45, 7) is 7.23. The molecule has 292 valence electrons. The third kappa shape index (κ3) is 8.19. The predicted octanol–water partition coefficient (Wildman–Crippen LogP) is 7.59. The number of hydrogen-bond donors (Lipinski definition) is 3. The molecular formula is C46H53N5O5. The second-order valence-electron chi connectivity index (χ2n) is 16.5. The third-order valence-electron chi connectivity index (χ3n) is 12.6. The lowest BCUT2D eigenvalue weighted by Gasteiger charge is -2.33. The average Bonchev–Trinajstić information content (AvgIpc) is 4.15. The summed E-state index contributed by atoms with van der Waals surface area (Å²) in [6.07, 6.45) is 12.9. The molecule has 1 amide bonds. The fraction of sp³-hybridized carbons (Fsp3) is 0.457. The average molecular weight is 756 g/mol. The maximum absolute atomic E-state index is 13.8. The van der Waals surface area contributed by atoms with E-state index in [0.717, 1.165) is 116 Å². The topological polar surface area (TPSA) is 136 Å². The number of ketones is 1. The molecule has 2 atom stereocenters. The molecule has 2 aliphatic heterocycles. The first-order valence-electron chi connectivity index (χ1n) is 20.5. The molecule has 2 aliphatic carbocycles. The number of benzene rings is 2. The van der Waals surface area contributed by atoms with E-state index in [0.29, 0.717) is 41.9 Å². The molecule has 2 saturated carbocycles. The molecule has 3 N–H and O–H groups in total. The first kappa shape index (κ1) is 38.1. The second kappa shape index (κ2) is 16.4. The number of piperidine rings is 1. The minimum Gasteiger partial charge on any atom is -0.480 e. The molecule has 2 aromatic carbocycles. The fourth-order valence-corrected chi connectivity index (χ4v) is 8.98. The lowest BCUT2D eigenvalue weighted by Crippen LogP contribution is -2.44. The van der Waals surface area contributed by atoms with Gasteiger partial charge >= 0.3 is 5.97 Å². The van der Waals surface area contributed by atoms with Gasteiger partial charge < -0.3 is 15.5 Å². The van der Waals surface area contributed by atoms with Crippen LogP contribution in [0.3, 0.4) is 0 Å². The lowest BCUT2D eigenvalue weighted by molar-refractivity contribution is -0.144. The van der Waals surface area contributed by atoms with Gasteiger partial charge in [0.1, 0.15) is 17.4 Å². The van der Waals surface area contributed by atoms with Gasteiger partial charge in [-0.1, -0.05) is 36.8 Å². The Morgan fingerprint density at radius 3 is 2.04 bits per heavy atom. The Labute approximate surface area is 329 Å². The normalized spacial score (nSPS) is 20.3.